The van der Waals surface area contributed by atoms with Gasteiger partial charge in [0, 0.05) is 19.3 Å². The molecule has 6 heteroatoms. The molecule has 82 valence electrons. The summed E-state index contributed by atoms with van der Waals surface area (Å²) in [7, 11) is 1.86. The van der Waals surface area contributed by atoms with Gasteiger partial charge in [-0.3, -0.25) is 0 Å². The highest BCUT2D eigenvalue weighted by atomic mass is 19.4. The van der Waals surface area contributed by atoms with E-state index in [1.54, 1.807) is 0 Å². The molecule has 2 rings (SSSR count). The smallest absolute Gasteiger partial charge is 0.300 e. The van der Waals surface area contributed by atoms with Crippen molar-refractivity contribution < 1.29 is 13.2 Å². The molecule has 1 aliphatic heterocycles. The Morgan fingerprint density at radius 3 is 2.80 bits per heavy atom. The number of halogens is 3. The molecule has 1 aliphatic rings. The largest absolute Gasteiger partial charge is 0.451 e. The second-order valence-corrected chi connectivity index (χ2v) is 3.65. The van der Waals surface area contributed by atoms with Gasteiger partial charge in [-0.05, 0) is 19.0 Å². The average molecular weight is 217 g/mol. The van der Waals surface area contributed by atoms with Gasteiger partial charge in [-0.15, -0.1) is 0 Å². The van der Waals surface area contributed by atoms with Crippen molar-refractivity contribution in [2.24, 2.45) is 0 Å². The minimum atomic E-state index is -4.45. The average Bonchev–Trinajstić information content (AvgIpc) is 2.15. The molecule has 0 atom stereocenters. The lowest BCUT2D eigenvalue weighted by atomic mass is 10.1. The van der Waals surface area contributed by atoms with E-state index < -0.39 is 12.0 Å². The van der Waals surface area contributed by atoms with Crippen LogP contribution in [0.2, 0.25) is 0 Å². The van der Waals surface area contributed by atoms with Crippen molar-refractivity contribution in [3.05, 3.63) is 23.3 Å². The Balaban J connectivity index is 2.37. The van der Waals surface area contributed by atoms with E-state index in [4.69, 9.17) is 0 Å². The number of likely N-dealkylation sites (N-methyl/N-ethyl adjacent to an activating group) is 1. The summed E-state index contributed by atoms with van der Waals surface area (Å²) in [6, 6.07) is 0. The fraction of sp³-hybridized carbons (Fsp3) is 0.556. The summed E-state index contributed by atoms with van der Waals surface area (Å²) >= 11 is 0. The van der Waals surface area contributed by atoms with E-state index in [-0.39, 0.29) is 0 Å². The molecule has 0 aliphatic carbocycles. The molecule has 1 aromatic heterocycles. The first kappa shape index (κ1) is 10.4. The highest BCUT2D eigenvalue weighted by Gasteiger charge is 2.35. The summed E-state index contributed by atoms with van der Waals surface area (Å²) in [6.45, 7) is 1.29. The van der Waals surface area contributed by atoms with E-state index in [0.717, 1.165) is 12.1 Å². The van der Waals surface area contributed by atoms with Gasteiger partial charge in [-0.1, -0.05) is 0 Å². The Morgan fingerprint density at radius 2 is 2.13 bits per heavy atom. The van der Waals surface area contributed by atoms with Crippen molar-refractivity contribution in [1.82, 2.24) is 14.9 Å². The first-order valence-electron chi connectivity index (χ1n) is 4.57. The van der Waals surface area contributed by atoms with Crippen molar-refractivity contribution in [2.45, 2.75) is 19.1 Å². The van der Waals surface area contributed by atoms with Gasteiger partial charge in [0.1, 0.15) is 0 Å². The summed E-state index contributed by atoms with van der Waals surface area (Å²) < 4.78 is 36.9. The van der Waals surface area contributed by atoms with E-state index in [1.165, 1.54) is 6.20 Å². The minimum Gasteiger partial charge on any atom is -0.300 e. The van der Waals surface area contributed by atoms with Crippen LogP contribution >= 0.6 is 0 Å². The maximum absolute atomic E-state index is 12.3. The van der Waals surface area contributed by atoms with Crippen LogP contribution in [0.25, 0.3) is 0 Å². The van der Waals surface area contributed by atoms with Crippen molar-refractivity contribution in [3.8, 4) is 0 Å². The topological polar surface area (TPSA) is 29.0 Å². The molecular formula is C9H10F3N3. The highest BCUT2D eigenvalue weighted by molar-refractivity contribution is 5.21. The molecule has 1 aromatic rings. The lowest BCUT2D eigenvalue weighted by Gasteiger charge is -2.23. The standard InChI is InChI=1S/C9H10F3N3/c1-15-3-2-6-4-13-8(9(10,11)12)14-7(6)5-15/h4H,2-3,5H2,1H3. The molecule has 0 unspecified atom stereocenters. The Kier molecular flexibility index (Phi) is 2.38. The summed E-state index contributed by atoms with van der Waals surface area (Å²) in [5, 5.41) is 0. The number of aromatic nitrogens is 2. The fourth-order valence-corrected chi connectivity index (χ4v) is 1.57. The molecule has 0 spiro atoms. The second-order valence-electron chi connectivity index (χ2n) is 3.65. The van der Waals surface area contributed by atoms with Crippen LogP contribution in [-0.4, -0.2) is 28.5 Å². The predicted octanol–water partition coefficient (Wildman–Crippen LogP) is 1.48. The molecule has 0 N–H and O–H groups in total. The van der Waals surface area contributed by atoms with Gasteiger partial charge in [0.15, 0.2) is 0 Å². The molecule has 0 amide bonds. The van der Waals surface area contributed by atoms with E-state index in [0.29, 0.717) is 18.7 Å². The van der Waals surface area contributed by atoms with Crippen molar-refractivity contribution in [2.75, 3.05) is 13.6 Å². The van der Waals surface area contributed by atoms with Crippen LogP contribution in [0.1, 0.15) is 17.1 Å². The van der Waals surface area contributed by atoms with Gasteiger partial charge < -0.3 is 4.90 Å². The van der Waals surface area contributed by atoms with Crippen LogP contribution in [0.15, 0.2) is 6.20 Å². The van der Waals surface area contributed by atoms with Crippen LogP contribution in [0.4, 0.5) is 13.2 Å². The maximum Gasteiger partial charge on any atom is 0.451 e. The SMILES string of the molecule is CN1CCc2cnc(C(F)(F)F)nc2C1. The maximum atomic E-state index is 12.3. The van der Waals surface area contributed by atoms with E-state index in [1.807, 2.05) is 11.9 Å². The highest BCUT2D eigenvalue weighted by Crippen LogP contribution is 2.27. The van der Waals surface area contributed by atoms with Gasteiger partial charge >= 0.3 is 6.18 Å². The minimum absolute atomic E-state index is 0.459. The third-order valence-electron chi connectivity index (χ3n) is 2.39. The Labute approximate surface area is 84.9 Å². The molecule has 0 fully saturated rings. The molecular weight excluding hydrogens is 207 g/mol. The first-order chi connectivity index (χ1) is 6.97. The van der Waals surface area contributed by atoms with Crippen molar-refractivity contribution >= 4 is 0 Å². The Bertz CT molecular complexity index is 375. The van der Waals surface area contributed by atoms with Gasteiger partial charge in [-0.2, -0.15) is 13.2 Å². The predicted molar refractivity (Wildman–Crippen MR) is 47.1 cm³/mol. The molecule has 2 heterocycles. The number of hydrogen-bond acceptors (Lipinski definition) is 3. The third-order valence-corrected chi connectivity index (χ3v) is 2.39. The van der Waals surface area contributed by atoms with E-state index >= 15 is 0 Å². The molecule has 0 aromatic carbocycles. The van der Waals surface area contributed by atoms with Crippen LogP contribution in [0.5, 0.6) is 0 Å². The summed E-state index contributed by atoms with van der Waals surface area (Å²) in [5.74, 6) is -1.04. The number of hydrogen-bond donors (Lipinski definition) is 0. The lowest BCUT2D eigenvalue weighted by molar-refractivity contribution is -0.145. The van der Waals surface area contributed by atoms with E-state index in [2.05, 4.69) is 9.97 Å². The van der Waals surface area contributed by atoms with Gasteiger partial charge in [-0.25, -0.2) is 9.97 Å². The number of fused-ring (bicyclic) bond motifs is 1. The molecule has 0 saturated heterocycles. The van der Waals surface area contributed by atoms with Gasteiger partial charge in [0.25, 0.3) is 0 Å². The monoisotopic (exact) mass is 217 g/mol. The normalized spacial score (nSPS) is 17.6. The second kappa shape index (κ2) is 3.44. The lowest BCUT2D eigenvalue weighted by Crippen LogP contribution is -2.28. The molecule has 0 radical (unpaired) electrons. The Hall–Kier alpha value is -1.17. The first-order valence-corrected chi connectivity index (χ1v) is 4.57. The van der Waals surface area contributed by atoms with Crippen molar-refractivity contribution in [3.63, 3.8) is 0 Å². The van der Waals surface area contributed by atoms with Crippen LogP contribution in [-0.2, 0) is 19.1 Å². The summed E-state index contributed by atoms with van der Waals surface area (Å²) in [6.07, 6.45) is -2.45. The zero-order valence-corrected chi connectivity index (χ0v) is 8.17. The quantitative estimate of drug-likeness (QED) is 0.659. The number of nitrogens with zero attached hydrogens (tertiary/aromatic N) is 3. The van der Waals surface area contributed by atoms with Crippen molar-refractivity contribution in [1.29, 1.82) is 0 Å². The molecule has 0 saturated carbocycles. The molecule has 0 bridgehead atoms. The van der Waals surface area contributed by atoms with Crippen LogP contribution < -0.4 is 0 Å². The molecule has 15 heavy (non-hydrogen) atoms. The summed E-state index contributed by atoms with van der Waals surface area (Å²) in [4.78, 5) is 8.83. The van der Waals surface area contributed by atoms with Gasteiger partial charge in [0.05, 0.1) is 5.69 Å². The zero-order chi connectivity index (χ0) is 11.1. The van der Waals surface area contributed by atoms with Crippen LogP contribution in [0.3, 0.4) is 0 Å². The number of rotatable bonds is 0. The zero-order valence-electron chi connectivity index (χ0n) is 8.17. The van der Waals surface area contributed by atoms with Crippen LogP contribution in [0, 0.1) is 0 Å². The molecule has 3 nitrogen and oxygen atoms in total. The van der Waals surface area contributed by atoms with Gasteiger partial charge in [0.2, 0.25) is 5.82 Å². The van der Waals surface area contributed by atoms with E-state index in [9.17, 15) is 13.2 Å². The number of alkyl halides is 3. The summed E-state index contributed by atoms with van der Waals surface area (Å²) in [5.41, 5.74) is 1.31. The fourth-order valence-electron chi connectivity index (χ4n) is 1.57. The third kappa shape index (κ3) is 2.09. The Morgan fingerprint density at radius 1 is 1.40 bits per heavy atom.